The lowest BCUT2D eigenvalue weighted by Gasteiger charge is -2.30. The maximum atomic E-state index is 13.2. The van der Waals surface area contributed by atoms with Crippen molar-refractivity contribution in [3.63, 3.8) is 0 Å². The number of alkyl halides is 3. The number of hydrazone groups is 1. The molecule has 1 aromatic carbocycles. The fourth-order valence-electron chi connectivity index (χ4n) is 4.32. The van der Waals surface area contributed by atoms with Gasteiger partial charge in [-0.15, -0.1) is 0 Å². The molecule has 2 atom stereocenters. The van der Waals surface area contributed by atoms with Crippen LogP contribution >= 0.6 is 0 Å². The van der Waals surface area contributed by atoms with Crippen LogP contribution in [0.3, 0.4) is 0 Å². The number of likely N-dealkylation sites (tertiary alicyclic amines) is 1. The van der Waals surface area contributed by atoms with Gasteiger partial charge in [0.1, 0.15) is 5.75 Å². The van der Waals surface area contributed by atoms with Crippen molar-refractivity contribution in [1.82, 2.24) is 4.90 Å². The quantitative estimate of drug-likeness (QED) is 0.381. The largest absolute Gasteiger partial charge is 0.507 e. The van der Waals surface area contributed by atoms with E-state index in [-0.39, 0.29) is 29.4 Å². The molecule has 0 aromatic heterocycles. The third-order valence-electron chi connectivity index (χ3n) is 5.53. The minimum absolute atomic E-state index is 0.108. The molecule has 0 radical (unpaired) electrons. The van der Waals surface area contributed by atoms with Gasteiger partial charge in [-0.05, 0) is 74.9 Å². The van der Waals surface area contributed by atoms with Crippen LogP contribution in [-0.2, 0) is 17.5 Å². The molecule has 0 amide bonds. The Morgan fingerprint density at radius 2 is 2.13 bits per heavy atom. The molecule has 1 aliphatic heterocycles. The average molecular weight is 428 g/mol. The third-order valence-corrected chi connectivity index (χ3v) is 5.53. The number of ether oxygens (including phenoxy) is 1. The number of allylic oxidation sites excluding steroid dienone is 2. The topological polar surface area (TPSA) is 71.1 Å². The fraction of sp³-hybridized carbons (Fsp3) is 0.591. The van der Waals surface area contributed by atoms with Crippen LogP contribution in [0.2, 0.25) is 0 Å². The number of aromatic hydroxyl groups is 1. The van der Waals surface area contributed by atoms with Gasteiger partial charge >= 0.3 is 6.18 Å². The van der Waals surface area contributed by atoms with Gasteiger partial charge < -0.3 is 20.6 Å². The van der Waals surface area contributed by atoms with E-state index in [4.69, 9.17) is 10.6 Å². The summed E-state index contributed by atoms with van der Waals surface area (Å²) in [5.41, 5.74) is 0.389. The molecule has 1 aromatic rings. The summed E-state index contributed by atoms with van der Waals surface area (Å²) < 4.78 is 44.5. The normalized spacial score (nSPS) is 20.4. The second-order valence-electron chi connectivity index (χ2n) is 8.27. The predicted molar refractivity (Wildman–Crippen MR) is 112 cm³/mol. The molecule has 0 aliphatic carbocycles. The summed E-state index contributed by atoms with van der Waals surface area (Å²) in [6.45, 7) is 5.99. The van der Waals surface area contributed by atoms with Crippen molar-refractivity contribution < 1.29 is 23.0 Å². The first-order valence-electron chi connectivity index (χ1n) is 10.1. The second kappa shape index (κ2) is 10.3. The lowest BCUT2D eigenvalue weighted by molar-refractivity contribution is -0.137. The number of piperidine rings is 1. The van der Waals surface area contributed by atoms with E-state index in [0.29, 0.717) is 17.6 Å². The van der Waals surface area contributed by atoms with Gasteiger partial charge in [0.25, 0.3) is 0 Å². The van der Waals surface area contributed by atoms with Crippen LogP contribution in [0.5, 0.6) is 5.75 Å². The number of rotatable bonds is 7. The Balaban J connectivity index is 2.32. The van der Waals surface area contributed by atoms with E-state index in [1.165, 1.54) is 20.0 Å². The standard InChI is InChI=1S/C22H32F3N3O2/c1-14(9-16-6-5-7-28(3)12-16)8-15(2)21(27-26)20-17(13-30-4)10-18(11-19(20)29)22(23,24)25/h8,10-11,14,16,29H,5-7,9,12-13,26H2,1-4H3/b15-8-,27-21+/t14?,16-/m0/s1. The van der Waals surface area contributed by atoms with Crippen LogP contribution in [0.25, 0.3) is 0 Å². The number of benzene rings is 1. The highest BCUT2D eigenvalue weighted by atomic mass is 19.4. The molecular formula is C22H32F3N3O2. The number of phenols is 1. The van der Waals surface area contributed by atoms with Crippen LogP contribution in [0.15, 0.2) is 28.9 Å². The Kier molecular flexibility index (Phi) is 8.32. The molecule has 3 N–H and O–H groups in total. The summed E-state index contributed by atoms with van der Waals surface area (Å²) in [5.74, 6) is 5.93. The average Bonchev–Trinajstić information content (AvgIpc) is 2.63. The summed E-state index contributed by atoms with van der Waals surface area (Å²) in [7, 11) is 3.51. The second-order valence-corrected chi connectivity index (χ2v) is 8.27. The SMILES string of the molecule is COCc1cc(C(F)(F)F)cc(O)c1C(=N/N)/C(C)=C\C(C)C[C@@H]1CCCN(C)C1. The molecule has 0 saturated carbocycles. The van der Waals surface area contributed by atoms with Crippen LogP contribution in [0.1, 0.15) is 49.8 Å². The first-order chi connectivity index (χ1) is 14.1. The van der Waals surface area contributed by atoms with Gasteiger partial charge in [0.2, 0.25) is 0 Å². The van der Waals surface area contributed by atoms with Crippen molar-refractivity contribution in [3.05, 3.63) is 40.5 Å². The molecule has 2 rings (SSSR count). The van der Waals surface area contributed by atoms with E-state index < -0.39 is 17.5 Å². The Bertz CT molecular complexity index is 791. The molecule has 1 unspecified atom stereocenters. The maximum Gasteiger partial charge on any atom is 0.416 e. The van der Waals surface area contributed by atoms with Gasteiger partial charge in [-0.1, -0.05) is 13.0 Å². The van der Waals surface area contributed by atoms with Crippen molar-refractivity contribution in [2.45, 2.75) is 45.9 Å². The molecule has 0 spiro atoms. The number of nitrogens with zero attached hydrogens (tertiary/aromatic N) is 2. The summed E-state index contributed by atoms with van der Waals surface area (Å²) >= 11 is 0. The Morgan fingerprint density at radius 3 is 2.70 bits per heavy atom. The Morgan fingerprint density at radius 1 is 1.43 bits per heavy atom. The van der Waals surface area contributed by atoms with E-state index in [1.807, 2.05) is 13.0 Å². The van der Waals surface area contributed by atoms with Crippen molar-refractivity contribution in [2.75, 3.05) is 27.2 Å². The highest BCUT2D eigenvalue weighted by Gasteiger charge is 2.33. The van der Waals surface area contributed by atoms with Crippen molar-refractivity contribution in [1.29, 1.82) is 0 Å². The number of nitrogens with two attached hydrogens (primary N) is 1. The van der Waals surface area contributed by atoms with Crippen molar-refractivity contribution in [2.24, 2.45) is 22.8 Å². The molecular weight excluding hydrogens is 395 g/mol. The molecule has 30 heavy (non-hydrogen) atoms. The zero-order chi connectivity index (χ0) is 22.5. The van der Waals surface area contributed by atoms with Crippen LogP contribution in [0, 0.1) is 11.8 Å². The maximum absolute atomic E-state index is 13.2. The number of phenolic OH excluding ortho intramolecular Hbond substituents is 1. The minimum atomic E-state index is -4.58. The van der Waals surface area contributed by atoms with E-state index in [9.17, 15) is 18.3 Å². The van der Waals surface area contributed by atoms with Gasteiger partial charge in [-0.25, -0.2) is 0 Å². The monoisotopic (exact) mass is 427 g/mol. The number of hydrogen-bond acceptors (Lipinski definition) is 5. The fourth-order valence-corrected chi connectivity index (χ4v) is 4.32. The van der Waals surface area contributed by atoms with E-state index in [2.05, 4.69) is 24.0 Å². The third kappa shape index (κ3) is 6.22. The summed E-state index contributed by atoms with van der Waals surface area (Å²) in [5, 5.41) is 14.2. The van der Waals surface area contributed by atoms with Gasteiger partial charge in [-0.3, -0.25) is 0 Å². The molecule has 1 heterocycles. The van der Waals surface area contributed by atoms with Crippen molar-refractivity contribution in [3.8, 4) is 5.75 Å². The summed E-state index contributed by atoms with van der Waals surface area (Å²) in [6.07, 6.45) is 0.825. The molecule has 5 nitrogen and oxygen atoms in total. The highest BCUT2D eigenvalue weighted by Crippen LogP contribution is 2.36. The lowest BCUT2D eigenvalue weighted by atomic mass is 9.87. The summed E-state index contributed by atoms with van der Waals surface area (Å²) in [6, 6.07) is 1.67. The zero-order valence-electron chi connectivity index (χ0n) is 18.1. The van der Waals surface area contributed by atoms with E-state index in [1.54, 1.807) is 0 Å². The highest BCUT2D eigenvalue weighted by molar-refractivity contribution is 6.14. The van der Waals surface area contributed by atoms with Gasteiger partial charge in [0.05, 0.1) is 17.9 Å². The Hall–Kier alpha value is -2.06. The van der Waals surface area contributed by atoms with Gasteiger partial charge in [0, 0.05) is 19.2 Å². The lowest BCUT2D eigenvalue weighted by Crippen LogP contribution is -2.32. The number of hydrogen-bond donors (Lipinski definition) is 2. The molecule has 0 bridgehead atoms. The van der Waals surface area contributed by atoms with Crippen molar-refractivity contribution >= 4 is 5.71 Å². The van der Waals surface area contributed by atoms with Crippen LogP contribution in [0.4, 0.5) is 13.2 Å². The van der Waals surface area contributed by atoms with Gasteiger partial charge in [-0.2, -0.15) is 18.3 Å². The zero-order valence-corrected chi connectivity index (χ0v) is 18.1. The number of halogens is 3. The van der Waals surface area contributed by atoms with Crippen LogP contribution in [-0.4, -0.2) is 43.0 Å². The minimum Gasteiger partial charge on any atom is -0.507 e. The molecule has 168 valence electrons. The molecule has 1 aliphatic rings. The van der Waals surface area contributed by atoms with E-state index >= 15 is 0 Å². The Labute approximate surface area is 176 Å². The molecule has 1 saturated heterocycles. The first kappa shape index (κ1) is 24.2. The molecule has 1 fully saturated rings. The number of methoxy groups -OCH3 is 1. The predicted octanol–water partition coefficient (Wildman–Crippen LogP) is 4.53. The smallest absolute Gasteiger partial charge is 0.416 e. The molecule has 8 heteroatoms. The van der Waals surface area contributed by atoms with E-state index in [0.717, 1.165) is 25.6 Å². The first-order valence-corrected chi connectivity index (χ1v) is 10.1. The summed E-state index contributed by atoms with van der Waals surface area (Å²) in [4.78, 5) is 2.33. The van der Waals surface area contributed by atoms with Crippen LogP contribution < -0.4 is 5.84 Å². The van der Waals surface area contributed by atoms with Gasteiger partial charge in [0.15, 0.2) is 0 Å².